The molecule has 0 saturated heterocycles. The summed E-state index contributed by atoms with van der Waals surface area (Å²) in [5.41, 5.74) is 2.71. The molecule has 0 aliphatic heterocycles. The summed E-state index contributed by atoms with van der Waals surface area (Å²) in [6.07, 6.45) is 1.78. The summed E-state index contributed by atoms with van der Waals surface area (Å²) < 4.78 is 5.19. The van der Waals surface area contributed by atoms with Crippen LogP contribution in [0.1, 0.15) is 12.6 Å². The standard InChI is InChI=1S/C9H11N3OS/c1-2-10-4-7-3-8(13-12-7)9-5-11-6-14-9/h3,5-6,10H,2,4H2,1H3. The van der Waals surface area contributed by atoms with Gasteiger partial charge in [-0.05, 0) is 6.54 Å². The molecule has 14 heavy (non-hydrogen) atoms. The van der Waals surface area contributed by atoms with Crippen LogP contribution in [0.25, 0.3) is 10.6 Å². The Hall–Kier alpha value is -1.20. The van der Waals surface area contributed by atoms with Crippen LogP contribution in [0.3, 0.4) is 0 Å². The van der Waals surface area contributed by atoms with Crippen molar-refractivity contribution in [3.8, 4) is 10.6 Å². The number of rotatable bonds is 4. The summed E-state index contributed by atoms with van der Waals surface area (Å²) in [7, 11) is 0. The van der Waals surface area contributed by atoms with Crippen molar-refractivity contribution in [2.24, 2.45) is 0 Å². The van der Waals surface area contributed by atoms with Crippen molar-refractivity contribution in [2.75, 3.05) is 6.54 Å². The van der Waals surface area contributed by atoms with E-state index in [1.165, 1.54) is 0 Å². The molecule has 0 amide bonds. The molecule has 0 aliphatic rings. The van der Waals surface area contributed by atoms with Crippen LogP contribution in [-0.2, 0) is 6.54 Å². The lowest BCUT2D eigenvalue weighted by atomic mass is 10.3. The van der Waals surface area contributed by atoms with Gasteiger partial charge in [0.15, 0.2) is 5.76 Å². The monoisotopic (exact) mass is 209 g/mol. The number of hydrogen-bond donors (Lipinski definition) is 1. The highest BCUT2D eigenvalue weighted by Crippen LogP contribution is 2.23. The maximum atomic E-state index is 5.19. The summed E-state index contributed by atoms with van der Waals surface area (Å²) in [5, 5.41) is 7.14. The molecule has 2 heterocycles. The van der Waals surface area contributed by atoms with Crippen molar-refractivity contribution in [2.45, 2.75) is 13.5 Å². The first-order chi connectivity index (χ1) is 6.90. The van der Waals surface area contributed by atoms with Crippen LogP contribution in [0, 0.1) is 0 Å². The topological polar surface area (TPSA) is 51.0 Å². The molecule has 74 valence electrons. The molecule has 4 nitrogen and oxygen atoms in total. The molecule has 2 aromatic heterocycles. The highest BCUT2D eigenvalue weighted by molar-refractivity contribution is 7.13. The van der Waals surface area contributed by atoms with Gasteiger partial charge in [-0.15, -0.1) is 11.3 Å². The van der Waals surface area contributed by atoms with Gasteiger partial charge in [0, 0.05) is 18.8 Å². The number of nitrogens with one attached hydrogen (secondary N) is 1. The smallest absolute Gasteiger partial charge is 0.178 e. The maximum Gasteiger partial charge on any atom is 0.178 e. The lowest BCUT2D eigenvalue weighted by Crippen LogP contribution is -2.11. The summed E-state index contributed by atoms with van der Waals surface area (Å²) in [4.78, 5) is 5.00. The zero-order valence-electron chi connectivity index (χ0n) is 7.86. The van der Waals surface area contributed by atoms with Crippen molar-refractivity contribution in [1.29, 1.82) is 0 Å². The van der Waals surface area contributed by atoms with E-state index in [4.69, 9.17) is 4.52 Å². The molecule has 2 rings (SSSR count). The van der Waals surface area contributed by atoms with Crippen molar-refractivity contribution in [3.63, 3.8) is 0 Å². The van der Waals surface area contributed by atoms with Crippen LogP contribution in [0.4, 0.5) is 0 Å². The van der Waals surface area contributed by atoms with Crippen LogP contribution in [0.2, 0.25) is 0 Å². The third-order valence-electron chi connectivity index (χ3n) is 1.79. The van der Waals surface area contributed by atoms with E-state index in [0.717, 1.165) is 29.4 Å². The minimum atomic E-state index is 0.749. The Labute approximate surface area is 86.0 Å². The summed E-state index contributed by atoms with van der Waals surface area (Å²) >= 11 is 1.55. The fraction of sp³-hybridized carbons (Fsp3) is 0.333. The van der Waals surface area contributed by atoms with Gasteiger partial charge < -0.3 is 9.84 Å². The van der Waals surface area contributed by atoms with E-state index in [9.17, 15) is 0 Å². The van der Waals surface area contributed by atoms with Gasteiger partial charge in [-0.2, -0.15) is 0 Å². The first kappa shape index (κ1) is 9.36. The fourth-order valence-corrected chi connectivity index (χ4v) is 1.67. The van der Waals surface area contributed by atoms with E-state index in [1.54, 1.807) is 23.0 Å². The largest absolute Gasteiger partial charge is 0.355 e. The molecular weight excluding hydrogens is 198 g/mol. The summed E-state index contributed by atoms with van der Waals surface area (Å²) in [6, 6.07) is 1.94. The van der Waals surface area contributed by atoms with Gasteiger partial charge in [0.05, 0.1) is 16.1 Å². The molecule has 0 spiro atoms. The van der Waals surface area contributed by atoms with Crippen molar-refractivity contribution < 1.29 is 4.52 Å². The van der Waals surface area contributed by atoms with Crippen molar-refractivity contribution >= 4 is 11.3 Å². The second kappa shape index (κ2) is 4.34. The SMILES string of the molecule is CCNCc1cc(-c2cncs2)on1. The third kappa shape index (κ3) is 2.00. The molecular formula is C9H11N3OS. The van der Waals surface area contributed by atoms with E-state index < -0.39 is 0 Å². The average molecular weight is 209 g/mol. The molecule has 0 fully saturated rings. The molecule has 0 unspecified atom stereocenters. The number of nitrogens with zero attached hydrogens (tertiary/aromatic N) is 2. The van der Waals surface area contributed by atoms with Gasteiger partial charge in [-0.3, -0.25) is 4.98 Å². The van der Waals surface area contributed by atoms with Crippen LogP contribution in [-0.4, -0.2) is 16.7 Å². The molecule has 5 heteroatoms. The molecule has 0 radical (unpaired) electrons. The van der Waals surface area contributed by atoms with Gasteiger partial charge in [0.2, 0.25) is 0 Å². The van der Waals surface area contributed by atoms with E-state index in [0.29, 0.717) is 0 Å². The predicted molar refractivity (Wildman–Crippen MR) is 55.0 cm³/mol. The second-order valence-corrected chi connectivity index (χ2v) is 3.71. The van der Waals surface area contributed by atoms with E-state index in [2.05, 4.69) is 22.4 Å². The van der Waals surface area contributed by atoms with Crippen LogP contribution < -0.4 is 5.32 Å². The predicted octanol–water partition coefficient (Wildman–Crippen LogP) is 1.91. The quantitative estimate of drug-likeness (QED) is 0.835. The van der Waals surface area contributed by atoms with Gasteiger partial charge in [0.25, 0.3) is 0 Å². The van der Waals surface area contributed by atoms with E-state index in [1.807, 2.05) is 6.07 Å². The second-order valence-electron chi connectivity index (χ2n) is 2.83. The Balaban J connectivity index is 2.10. The summed E-state index contributed by atoms with van der Waals surface area (Å²) in [5.74, 6) is 0.792. The van der Waals surface area contributed by atoms with Crippen LogP contribution >= 0.6 is 11.3 Å². The Morgan fingerprint density at radius 1 is 1.57 bits per heavy atom. The van der Waals surface area contributed by atoms with Crippen LogP contribution in [0.15, 0.2) is 22.3 Å². The van der Waals surface area contributed by atoms with Crippen molar-refractivity contribution in [1.82, 2.24) is 15.5 Å². The zero-order chi connectivity index (χ0) is 9.80. The van der Waals surface area contributed by atoms with Crippen molar-refractivity contribution in [3.05, 3.63) is 23.5 Å². The van der Waals surface area contributed by atoms with Crippen LogP contribution in [0.5, 0.6) is 0 Å². The maximum absolute atomic E-state index is 5.19. The molecule has 2 aromatic rings. The first-order valence-corrected chi connectivity index (χ1v) is 5.33. The third-order valence-corrected chi connectivity index (χ3v) is 2.58. The number of hydrogen-bond acceptors (Lipinski definition) is 5. The molecule has 0 aliphatic carbocycles. The molecule has 0 aromatic carbocycles. The first-order valence-electron chi connectivity index (χ1n) is 4.45. The summed E-state index contributed by atoms with van der Waals surface area (Å²) in [6.45, 7) is 3.74. The highest BCUT2D eigenvalue weighted by Gasteiger charge is 2.06. The minimum absolute atomic E-state index is 0.749. The molecule has 0 saturated carbocycles. The normalized spacial score (nSPS) is 10.6. The molecule has 0 atom stereocenters. The Morgan fingerprint density at radius 2 is 2.50 bits per heavy atom. The molecule has 0 bridgehead atoms. The van der Waals surface area contributed by atoms with Gasteiger partial charge >= 0.3 is 0 Å². The zero-order valence-corrected chi connectivity index (χ0v) is 8.67. The number of aromatic nitrogens is 2. The molecule has 1 N–H and O–H groups in total. The highest BCUT2D eigenvalue weighted by atomic mass is 32.1. The minimum Gasteiger partial charge on any atom is -0.355 e. The van der Waals surface area contributed by atoms with Gasteiger partial charge in [-0.25, -0.2) is 0 Å². The van der Waals surface area contributed by atoms with E-state index in [-0.39, 0.29) is 0 Å². The van der Waals surface area contributed by atoms with E-state index >= 15 is 0 Å². The lowest BCUT2D eigenvalue weighted by Gasteiger charge is -1.92. The Morgan fingerprint density at radius 3 is 3.21 bits per heavy atom. The fourth-order valence-electron chi connectivity index (χ4n) is 1.10. The number of thiazole rings is 1. The lowest BCUT2D eigenvalue weighted by molar-refractivity contribution is 0.421. The van der Waals surface area contributed by atoms with Gasteiger partial charge in [0.1, 0.15) is 0 Å². The average Bonchev–Trinajstić information content (AvgIpc) is 2.85. The Kier molecular flexibility index (Phi) is 2.90. The Bertz CT molecular complexity index is 382. The van der Waals surface area contributed by atoms with Gasteiger partial charge in [-0.1, -0.05) is 12.1 Å².